The molecule has 1 aliphatic rings. The zero-order chi connectivity index (χ0) is 10.7. The van der Waals surface area contributed by atoms with Crippen molar-refractivity contribution < 1.29 is 4.79 Å². The monoisotopic (exact) mass is 204 g/mol. The molecule has 0 aliphatic heterocycles. The summed E-state index contributed by atoms with van der Waals surface area (Å²) in [4.78, 5) is 10.6. The predicted molar refractivity (Wildman–Crippen MR) is 59.5 cm³/mol. The normalized spacial score (nSPS) is 19.6. The Morgan fingerprint density at radius 3 is 2.87 bits per heavy atom. The Bertz CT molecular complexity index is 362. The lowest BCUT2D eigenvalue weighted by Crippen LogP contribution is -2.39. The minimum atomic E-state index is -0.283. The fourth-order valence-electron chi connectivity index (χ4n) is 2.12. The van der Waals surface area contributed by atoms with Crippen LogP contribution in [-0.4, -0.2) is 18.5 Å². The molecule has 80 valence electrons. The van der Waals surface area contributed by atoms with Crippen LogP contribution in [0.2, 0.25) is 0 Å². The molecule has 2 rings (SSSR count). The van der Waals surface area contributed by atoms with Crippen LogP contribution in [0.15, 0.2) is 24.3 Å². The molecule has 0 fully saturated rings. The van der Waals surface area contributed by atoms with Crippen molar-refractivity contribution in [3.8, 4) is 0 Å². The standard InChI is InChI=1S/C12H16N2O/c13-12(15)8-14-11-6-5-9-3-1-2-4-10(9)7-11/h1-4,11,14H,5-8H2,(H2,13,15). The van der Waals surface area contributed by atoms with E-state index in [4.69, 9.17) is 5.73 Å². The lowest BCUT2D eigenvalue weighted by Gasteiger charge is -2.25. The number of hydrogen-bond donors (Lipinski definition) is 2. The van der Waals surface area contributed by atoms with Gasteiger partial charge in [-0.2, -0.15) is 0 Å². The van der Waals surface area contributed by atoms with Gasteiger partial charge in [0, 0.05) is 6.04 Å². The molecule has 0 bridgehead atoms. The Balaban J connectivity index is 1.96. The summed E-state index contributed by atoms with van der Waals surface area (Å²) in [5, 5.41) is 3.19. The van der Waals surface area contributed by atoms with Gasteiger partial charge in [-0.15, -0.1) is 0 Å². The molecule has 3 heteroatoms. The maximum absolute atomic E-state index is 10.6. The third-order valence-corrected chi connectivity index (χ3v) is 2.91. The lowest BCUT2D eigenvalue weighted by atomic mass is 9.88. The fourth-order valence-corrected chi connectivity index (χ4v) is 2.12. The van der Waals surface area contributed by atoms with E-state index in [-0.39, 0.29) is 12.5 Å². The van der Waals surface area contributed by atoms with E-state index in [0.29, 0.717) is 6.04 Å². The minimum Gasteiger partial charge on any atom is -0.369 e. The van der Waals surface area contributed by atoms with E-state index >= 15 is 0 Å². The number of primary amides is 1. The summed E-state index contributed by atoms with van der Waals surface area (Å²) < 4.78 is 0. The van der Waals surface area contributed by atoms with E-state index in [1.54, 1.807) is 0 Å². The molecule has 0 spiro atoms. The van der Waals surface area contributed by atoms with Gasteiger partial charge < -0.3 is 11.1 Å². The van der Waals surface area contributed by atoms with Gasteiger partial charge in [0.05, 0.1) is 6.54 Å². The molecule has 15 heavy (non-hydrogen) atoms. The molecule has 0 saturated carbocycles. The second-order valence-corrected chi connectivity index (χ2v) is 4.06. The zero-order valence-electron chi connectivity index (χ0n) is 8.70. The van der Waals surface area contributed by atoms with Gasteiger partial charge in [0.25, 0.3) is 0 Å². The largest absolute Gasteiger partial charge is 0.369 e. The van der Waals surface area contributed by atoms with Crippen LogP contribution in [0.25, 0.3) is 0 Å². The first-order chi connectivity index (χ1) is 7.25. The van der Waals surface area contributed by atoms with Gasteiger partial charge in [-0.1, -0.05) is 24.3 Å². The lowest BCUT2D eigenvalue weighted by molar-refractivity contribution is -0.117. The van der Waals surface area contributed by atoms with Crippen molar-refractivity contribution in [2.75, 3.05) is 6.54 Å². The van der Waals surface area contributed by atoms with Gasteiger partial charge in [0.1, 0.15) is 0 Å². The summed E-state index contributed by atoms with van der Waals surface area (Å²) in [5.74, 6) is -0.283. The summed E-state index contributed by atoms with van der Waals surface area (Å²) in [7, 11) is 0. The molecular formula is C12H16N2O. The van der Waals surface area contributed by atoms with Crippen molar-refractivity contribution in [1.29, 1.82) is 0 Å². The first-order valence-electron chi connectivity index (χ1n) is 5.34. The highest BCUT2D eigenvalue weighted by atomic mass is 16.1. The zero-order valence-corrected chi connectivity index (χ0v) is 8.70. The third kappa shape index (κ3) is 2.57. The maximum atomic E-state index is 10.6. The van der Waals surface area contributed by atoms with Crippen LogP contribution in [0.3, 0.4) is 0 Å². The molecule has 1 atom stereocenters. The predicted octanol–water partition coefficient (Wildman–Crippen LogP) is 0.619. The molecule has 0 aromatic heterocycles. The number of hydrogen-bond acceptors (Lipinski definition) is 2. The highest BCUT2D eigenvalue weighted by Gasteiger charge is 2.17. The SMILES string of the molecule is NC(=O)CNC1CCc2ccccc2C1. The third-order valence-electron chi connectivity index (χ3n) is 2.91. The molecule has 1 amide bonds. The van der Waals surface area contributed by atoms with Crippen LogP contribution in [0.4, 0.5) is 0 Å². The van der Waals surface area contributed by atoms with Crippen molar-refractivity contribution in [3.63, 3.8) is 0 Å². The number of fused-ring (bicyclic) bond motifs is 1. The van der Waals surface area contributed by atoms with Gasteiger partial charge >= 0.3 is 0 Å². The van der Waals surface area contributed by atoms with Crippen LogP contribution in [0.5, 0.6) is 0 Å². The molecular weight excluding hydrogens is 188 g/mol. The second kappa shape index (κ2) is 4.45. The van der Waals surface area contributed by atoms with Crippen molar-refractivity contribution in [1.82, 2.24) is 5.32 Å². The van der Waals surface area contributed by atoms with Crippen LogP contribution in [-0.2, 0) is 17.6 Å². The smallest absolute Gasteiger partial charge is 0.231 e. The van der Waals surface area contributed by atoms with Gasteiger partial charge in [-0.25, -0.2) is 0 Å². The van der Waals surface area contributed by atoms with Crippen molar-refractivity contribution in [2.24, 2.45) is 5.73 Å². The Kier molecular flexibility index (Phi) is 3.02. The van der Waals surface area contributed by atoms with Gasteiger partial charge in [0.2, 0.25) is 5.91 Å². The maximum Gasteiger partial charge on any atom is 0.231 e. The highest BCUT2D eigenvalue weighted by Crippen LogP contribution is 2.20. The van der Waals surface area contributed by atoms with Crippen molar-refractivity contribution in [2.45, 2.75) is 25.3 Å². The summed E-state index contributed by atoms with van der Waals surface area (Å²) in [6, 6.07) is 8.88. The quantitative estimate of drug-likeness (QED) is 0.758. The molecule has 0 radical (unpaired) electrons. The first-order valence-corrected chi connectivity index (χ1v) is 5.34. The minimum absolute atomic E-state index is 0.283. The molecule has 1 aliphatic carbocycles. The first kappa shape index (κ1) is 10.2. The Morgan fingerprint density at radius 2 is 2.13 bits per heavy atom. The van der Waals surface area contributed by atoms with Crippen LogP contribution >= 0.6 is 0 Å². The number of nitrogens with two attached hydrogens (primary N) is 1. The van der Waals surface area contributed by atoms with Crippen LogP contribution < -0.4 is 11.1 Å². The number of benzene rings is 1. The van der Waals surface area contributed by atoms with E-state index in [2.05, 4.69) is 29.6 Å². The average Bonchev–Trinajstić information content (AvgIpc) is 2.26. The van der Waals surface area contributed by atoms with Gasteiger partial charge in [-0.05, 0) is 30.4 Å². The van der Waals surface area contributed by atoms with E-state index in [1.807, 2.05) is 0 Å². The Labute approximate surface area is 89.7 Å². The number of carbonyl (C=O) groups is 1. The second-order valence-electron chi connectivity index (χ2n) is 4.06. The number of nitrogens with one attached hydrogen (secondary N) is 1. The van der Waals surface area contributed by atoms with Crippen molar-refractivity contribution in [3.05, 3.63) is 35.4 Å². The summed E-state index contributed by atoms with van der Waals surface area (Å²) in [5.41, 5.74) is 7.94. The van der Waals surface area contributed by atoms with Gasteiger partial charge in [0.15, 0.2) is 0 Å². The number of aryl methyl sites for hydroxylation is 1. The number of rotatable bonds is 3. The van der Waals surface area contributed by atoms with Gasteiger partial charge in [-0.3, -0.25) is 4.79 Å². The van der Waals surface area contributed by atoms with E-state index in [9.17, 15) is 4.79 Å². The van der Waals surface area contributed by atoms with Crippen LogP contribution in [0, 0.1) is 0 Å². The average molecular weight is 204 g/mol. The summed E-state index contributed by atoms with van der Waals surface area (Å²) in [6.07, 6.45) is 3.18. The summed E-state index contributed by atoms with van der Waals surface area (Å²) >= 11 is 0. The molecule has 0 saturated heterocycles. The number of amides is 1. The summed E-state index contributed by atoms with van der Waals surface area (Å²) in [6.45, 7) is 0.285. The van der Waals surface area contributed by atoms with E-state index < -0.39 is 0 Å². The molecule has 1 unspecified atom stereocenters. The topological polar surface area (TPSA) is 55.1 Å². The Hall–Kier alpha value is -1.35. The molecule has 3 nitrogen and oxygen atoms in total. The number of carbonyl (C=O) groups excluding carboxylic acids is 1. The highest BCUT2D eigenvalue weighted by molar-refractivity contribution is 5.75. The van der Waals surface area contributed by atoms with Crippen molar-refractivity contribution >= 4 is 5.91 Å². The molecule has 0 heterocycles. The molecule has 1 aromatic carbocycles. The molecule has 3 N–H and O–H groups in total. The Morgan fingerprint density at radius 1 is 1.40 bits per heavy atom. The van der Waals surface area contributed by atoms with Crippen LogP contribution in [0.1, 0.15) is 17.5 Å². The fraction of sp³-hybridized carbons (Fsp3) is 0.417. The molecule has 1 aromatic rings. The van der Waals surface area contributed by atoms with E-state index in [0.717, 1.165) is 19.3 Å². The van der Waals surface area contributed by atoms with E-state index in [1.165, 1.54) is 11.1 Å².